The van der Waals surface area contributed by atoms with Crippen LogP contribution in [0.4, 0.5) is 20.6 Å². The van der Waals surface area contributed by atoms with Crippen LogP contribution in [0.5, 0.6) is 5.75 Å². The number of benzene rings is 1. The number of ether oxygens (including phenoxy) is 3. The third kappa shape index (κ3) is 7.09. The molecule has 1 atom stereocenters. The molecule has 0 aliphatic rings. The largest absolute Gasteiger partial charge is 0.490 e. The molecule has 210 valence electrons. The fourth-order valence-corrected chi connectivity index (χ4v) is 3.62. The molecule has 39 heavy (non-hydrogen) atoms. The molecule has 0 saturated carbocycles. The minimum absolute atomic E-state index is 0.00644. The van der Waals surface area contributed by atoms with E-state index in [-0.39, 0.29) is 46.7 Å². The molecule has 15 heteroatoms. The number of anilines is 1. The Morgan fingerprint density at radius 2 is 2.00 bits per heavy atom. The summed E-state index contributed by atoms with van der Waals surface area (Å²) in [7, 11) is 2.68. The summed E-state index contributed by atoms with van der Waals surface area (Å²) in [4.78, 5) is 41.5. The van der Waals surface area contributed by atoms with Gasteiger partial charge in [0, 0.05) is 36.9 Å². The maximum atomic E-state index is 14.3. The van der Waals surface area contributed by atoms with Crippen molar-refractivity contribution < 1.29 is 33.1 Å². The van der Waals surface area contributed by atoms with E-state index in [9.17, 15) is 24.1 Å². The first-order chi connectivity index (χ1) is 18.2. The molecule has 0 spiro atoms. The van der Waals surface area contributed by atoms with Gasteiger partial charge in [0.15, 0.2) is 22.2 Å². The first kappa shape index (κ1) is 29.5. The van der Waals surface area contributed by atoms with Gasteiger partial charge in [0.2, 0.25) is 0 Å². The molecule has 3 aromatic rings. The van der Waals surface area contributed by atoms with Gasteiger partial charge in [-0.15, -0.1) is 0 Å². The van der Waals surface area contributed by atoms with E-state index in [2.05, 4.69) is 15.4 Å². The maximum Gasteiger partial charge on any atom is 0.414 e. The molecule has 3 rings (SSSR count). The summed E-state index contributed by atoms with van der Waals surface area (Å²) in [6.45, 7) is 6.53. The maximum absolute atomic E-state index is 14.3. The first-order valence-corrected chi connectivity index (χ1v) is 12.0. The van der Waals surface area contributed by atoms with Gasteiger partial charge in [-0.25, -0.2) is 18.7 Å². The number of carbonyl (C=O) groups is 2. The van der Waals surface area contributed by atoms with Crippen molar-refractivity contribution >= 4 is 40.6 Å². The van der Waals surface area contributed by atoms with Crippen LogP contribution >= 0.6 is 11.6 Å². The molecule has 0 radical (unpaired) electrons. The summed E-state index contributed by atoms with van der Waals surface area (Å²) in [5, 5.41) is 18.0. The van der Waals surface area contributed by atoms with Gasteiger partial charge in [-0.1, -0.05) is 11.6 Å². The van der Waals surface area contributed by atoms with Crippen LogP contribution in [0.1, 0.15) is 43.7 Å². The van der Waals surface area contributed by atoms with Crippen LogP contribution in [-0.4, -0.2) is 63.9 Å². The van der Waals surface area contributed by atoms with Crippen molar-refractivity contribution in [2.45, 2.75) is 45.9 Å². The highest BCUT2D eigenvalue weighted by Gasteiger charge is 2.25. The molecular formula is C24H28ClFN6O7. The SMILES string of the molecule is COc1cc(F)c(COCC(C)NC(=O)c2cnc3c(N(C)C(=O)OC(C)(C)C)cc(Cl)nn23)cc1[N+](=O)[O-]. The van der Waals surface area contributed by atoms with Crippen molar-refractivity contribution in [2.24, 2.45) is 0 Å². The van der Waals surface area contributed by atoms with E-state index in [1.54, 1.807) is 27.7 Å². The smallest absolute Gasteiger partial charge is 0.414 e. The summed E-state index contributed by atoms with van der Waals surface area (Å²) in [6.07, 6.45) is 0.630. The lowest BCUT2D eigenvalue weighted by Crippen LogP contribution is -2.36. The Bertz CT molecular complexity index is 1410. The average Bonchev–Trinajstić information content (AvgIpc) is 3.26. The lowest BCUT2D eigenvalue weighted by Gasteiger charge is -2.24. The highest BCUT2D eigenvalue weighted by molar-refractivity contribution is 6.29. The summed E-state index contributed by atoms with van der Waals surface area (Å²) in [5.41, 5.74) is -0.661. The molecule has 1 N–H and O–H groups in total. The molecule has 2 heterocycles. The third-order valence-corrected chi connectivity index (χ3v) is 5.41. The van der Waals surface area contributed by atoms with E-state index in [4.69, 9.17) is 25.8 Å². The molecule has 13 nitrogen and oxygen atoms in total. The number of hydrogen-bond acceptors (Lipinski definition) is 9. The van der Waals surface area contributed by atoms with Crippen molar-refractivity contribution in [3.05, 3.63) is 56.7 Å². The van der Waals surface area contributed by atoms with Gasteiger partial charge in [-0.05, 0) is 27.7 Å². The molecule has 0 bridgehead atoms. The van der Waals surface area contributed by atoms with Crippen LogP contribution < -0.4 is 15.0 Å². The van der Waals surface area contributed by atoms with E-state index in [1.807, 2.05) is 0 Å². The molecule has 2 aromatic heterocycles. The molecule has 0 fully saturated rings. The molecule has 0 saturated heterocycles. The lowest BCUT2D eigenvalue weighted by molar-refractivity contribution is -0.385. The summed E-state index contributed by atoms with van der Waals surface area (Å²) in [6, 6.07) is 2.83. The number of imidazole rings is 1. The van der Waals surface area contributed by atoms with Gasteiger partial charge < -0.3 is 19.5 Å². The number of carbonyl (C=O) groups excluding carboxylic acids is 2. The summed E-state index contributed by atoms with van der Waals surface area (Å²) < 4.78 is 31.2. The Morgan fingerprint density at radius 1 is 1.31 bits per heavy atom. The number of aromatic nitrogens is 3. The highest BCUT2D eigenvalue weighted by Crippen LogP contribution is 2.30. The zero-order chi connectivity index (χ0) is 29.1. The number of amides is 2. The zero-order valence-corrected chi connectivity index (χ0v) is 22.9. The van der Waals surface area contributed by atoms with Gasteiger partial charge in [-0.3, -0.25) is 19.8 Å². The van der Waals surface area contributed by atoms with Crippen molar-refractivity contribution in [1.82, 2.24) is 19.9 Å². The second-order valence-corrected chi connectivity index (χ2v) is 9.92. The van der Waals surface area contributed by atoms with E-state index in [1.165, 1.54) is 35.8 Å². The topological polar surface area (TPSA) is 150 Å². The fraction of sp³-hybridized carbons (Fsp3) is 0.417. The van der Waals surface area contributed by atoms with Crippen molar-refractivity contribution in [3.63, 3.8) is 0 Å². The second-order valence-electron chi connectivity index (χ2n) is 9.53. The molecule has 0 aliphatic heterocycles. The standard InChI is InChI=1S/C24H28ClFN6O7/c1-13(11-38-12-14-7-16(32(35)36)19(37-6)8-15(14)26)28-22(33)18-10-27-21-17(9-20(25)29-31(18)21)30(5)23(34)39-24(2,3)4/h7-10,13H,11-12H2,1-6H3,(H,28,33). The Hall–Kier alpha value is -4.04. The third-order valence-electron chi connectivity index (χ3n) is 5.23. The normalized spacial score (nSPS) is 12.2. The molecule has 2 amide bonds. The Balaban J connectivity index is 1.70. The second kappa shape index (κ2) is 11.8. The van der Waals surface area contributed by atoms with Crippen LogP contribution in [0, 0.1) is 15.9 Å². The number of nitro benzene ring substituents is 1. The summed E-state index contributed by atoms with van der Waals surface area (Å²) in [5.74, 6) is -1.50. The fourth-order valence-electron chi connectivity index (χ4n) is 3.44. The lowest BCUT2D eigenvalue weighted by atomic mass is 10.2. The van der Waals surface area contributed by atoms with E-state index in [0.717, 1.165) is 12.1 Å². The van der Waals surface area contributed by atoms with Gasteiger partial charge in [0.05, 0.1) is 37.1 Å². The monoisotopic (exact) mass is 566 g/mol. The number of rotatable bonds is 9. The molecule has 1 aromatic carbocycles. The van der Waals surface area contributed by atoms with Crippen molar-refractivity contribution in [1.29, 1.82) is 0 Å². The number of nitrogens with one attached hydrogen (secondary N) is 1. The van der Waals surface area contributed by atoms with Crippen molar-refractivity contribution in [3.8, 4) is 5.75 Å². The number of halogens is 2. The van der Waals surface area contributed by atoms with E-state index < -0.39 is 40.1 Å². The average molecular weight is 567 g/mol. The van der Waals surface area contributed by atoms with Crippen LogP contribution in [-0.2, 0) is 16.1 Å². The van der Waals surface area contributed by atoms with Gasteiger partial charge >= 0.3 is 11.8 Å². The van der Waals surface area contributed by atoms with Crippen LogP contribution in [0.3, 0.4) is 0 Å². The van der Waals surface area contributed by atoms with Crippen LogP contribution in [0.15, 0.2) is 24.4 Å². The number of methoxy groups -OCH3 is 1. The number of fused-ring (bicyclic) bond motifs is 1. The quantitative estimate of drug-likeness (QED) is 0.297. The highest BCUT2D eigenvalue weighted by atomic mass is 35.5. The molecule has 1 unspecified atom stereocenters. The van der Waals surface area contributed by atoms with Gasteiger partial charge in [0.1, 0.15) is 11.4 Å². The zero-order valence-electron chi connectivity index (χ0n) is 22.2. The van der Waals surface area contributed by atoms with Crippen LogP contribution in [0.2, 0.25) is 5.15 Å². The number of nitro groups is 1. The Kier molecular flexibility index (Phi) is 8.92. The minimum Gasteiger partial charge on any atom is -0.490 e. The van der Waals surface area contributed by atoms with Crippen molar-refractivity contribution in [2.75, 3.05) is 25.7 Å². The Labute approximate surface area is 227 Å². The molecular weight excluding hydrogens is 539 g/mol. The predicted octanol–water partition coefficient (Wildman–Crippen LogP) is 4.15. The first-order valence-electron chi connectivity index (χ1n) is 11.6. The molecule has 0 aliphatic carbocycles. The Morgan fingerprint density at radius 3 is 2.62 bits per heavy atom. The number of nitrogens with zero attached hydrogens (tertiary/aromatic N) is 5. The van der Waals surface area contributed by atoms with Gasteiger partial charge in [0.25, 0.3) is 5.91 Å². The predicted molar refractivity (Wildman–Crippen MR) is 139 cm³/mol. The summed E-state index contributed by atoms with van der Waals surface area (Å²) >= 11 is 6.16. The van der Waals surface area contributed by atoms with Gasteiger partial charge in [-0.2, -0.15) is 5.10 Å². The minimum atomic E-state index is -0.731. The van der Waals surface area contributed by atoms with E-state index in [0.29, 0.717) is 0 Å². The number of hydrogen-bond donors (Lipinski definition) is 1. The van der Waals surface area contributed by atoms with E-state index >= 15 is 0 Å². The van der Waals surface area contributed by atoms with Crippen LogP contribution in [0.25, 0.3) is 5.65 Å².